The summed E-state index contributed by atoms with van der Waals surface area (Å²) in [6.45, 7) is 10.7. The van der Waals surface area contributed by atoms with Crippen LogP contribution >= 0.6 is 0 Å². The van der Waals surface area contributed by atoms with Gasteiger partial charge in [0.25, 0.3) is 0 Å². The molecule has 0 amide bonds. The van der Waals surface area contributed by atoms with Crippen molar-refractivity contribution in [2.24, 2.45) is 11.3 Å². The van der Waals surface area contributed by atoms with E-state index in [0.29, 0.717) is 17.9 Å². The summed E-state index contributed by atoms with van der Waals surface area (Å²) in [6.07, 6.45) is 5.88. The Morgan fingerprint density at radius 2 is 1.96 bits per heavy atom. The predicted octanol–water partition coefficient (Wildman–Crippen LogP) is 3.96. The maximum atomic E-state index is 13.0. The summed E-state index contributed by atoms with van der Waals surface area (Å²) < 4.78 is 5.79. The fourth-order valence-electron chi connectivity index (χ4n) is 4.48. The number of allylic oxidation sites excluding steroid dienone is 3. The Hall–Kier alpha value is -0.930. The number of aliphatic hydroxyl groups is 1. The van der Waals surface area contributed by atoms with E-state index in [-0.39, 0.29) is 22.9 Å². The molecule has 128 valence electrons. The first-order valence-electron chi connectivity index (χ1n) is 8.96. The first kappa shape index (κ1) is 16.9. The minimum Gasteiger partial charge on any atom is -0.388 e. The number of fused-ring (bicyclic) bond motifs is 2. The lowest BCUT2D eigenvalue weighted by Crippen LogP contribution is -2.40. The molecule has 2 bridgehead atoms. The highest BCUT2D eigenvalue weighted by atomic mass is 16.6. The largest absolute Gasteiger partial charge is 0.388 e. The smallest absolute Gasteiger partial charge is 0.193 e. The average molecular weight is 318 g/mol. The molecule has 0 saturated carbocycles. The molecular formula is C20H30O3. The van der Waals surface area contributed by atoms with E-state index in [1.807, 2.05) is 6.92 Å². The van der Waals surface area contributed by atoms with Crippen molar-refractivity contribution in [2.45, 2.75) is 84.5 Å². The van der Waals surface area contributed by atoms with Crippen molar-refractivity contribution in [2.75, 3.05) is 0 Å². The molecule has 1 N–H and O–H groups in total. The van der Waals surface area contributed by atoms with Gasteiger partial charge in [-0.3, -0.25) is 4.79 Å². The predicted molar refractivity (Wildman–Crippen MR) is 91.1 cm³/mol. The number of hydrogen-bond acceptors (Lipinski definition) is 3. The highest BCUT2D eigenvalue weighted by Gasteiger charge is 2.58. The number of ketones is 1. The lowest BCUT2D eigenvalue weighted by molar-refractivity contribution is -0.118. The van der Waals surface area contributed by atoms with E-state index in [2.05, 4.69) is 33.8 Å². The summed E-state index contributed by atoms with van der Waals surface area (Å²) in [4.78, 5) is 13.0. The maximum absolute atomic E-state index is 13.0. The minimum absolute atomic E-state index is 0.0240. The molecule has 3 rings (SSSR count). The third-order valence-corrected chi connectivity index (χ3v) is 6.82. The van der Waals surface area contributed by atoms with Crippen LogP contribution in [0.5, 0.6) is 0 Å². The first-order valence-corrected chi connectivity index (χ1v) is 8.96. The number of ether oxygens (including phenoxy) is 1. The van der Waals surface area contributed by atoms with Crippen LogP contribution in [0, 0.1) is 11.3 Å². The van der Waals surface area contributed by atoms with Gasteiger partial charge in [0.2, 0.25) is 0 Å². The molecule has 1 heterocycles. The van der Waals surface area contributed by atoms with Gasteiger partial charge in [-0.05, 0) is 64.2 Å². The Labute approximate surface area is 139 Å². The molecule has 1 saturated heterocycles. The molecule has 0 aromatic heterocycles. The molecule has 0 aromatic carbocycles. The molecule has 23 heavy (non-hydrogen) atoms. The highest BCUT2D eigenvalue weighted by Crippen LogP contribution is 2.51. The third-order valence-electron chi connectivity index (χ3n) is 6.82. The zero-order valence-electron chi connectivity index (χ0n) is 15.1. The van der Waals surface area contributed by atoms with Gasteiger partial charge in [-0.25, -0.2) is 0 Å². The second-order valence-electron chi connectivity index (χ2n) is 8.37. The molecule has 3 nitrogen and oxygen atoms in total. The number of Topliss-reactive ketones (excluding diaryl/α,β-unsaturated/α-hetero) is 1. The third kappa shape index (κ3) is 2.72. The van der Waals surface area contributed by atoms with Crippen molar-refractivity contribution < 1.29 is 14.6 Å². The number of carbonyl (C=O) groups excluding carboxylic acids is 1. The molecule has 3 heteroatoms. The lowest BCUT2D eigenvalue weighted by Gasteiger charge is -2.44. The molecule has 5 atom stereocenters. The Morgan fingerprint density at radius 1 is 1.26 bits per heavy atom. The van der Waals surface area contributed by atoms with Gasteiger partial charge in [-0.1, -0.05) is 31.1 Å². The number of epoxide rings is 1. The normalized spacial score (nSPS) is 44.9. The molecule has 0 radical (unpaired) electrons. The summed E-state index contributed by atoms with van der Waals surface area (Å²) in [5, 5.41) is 10.6. The Balaban J connectivity index is 2.05. The fraction of sp³-hybridized carbons (Fsp3) is 0.750. The van der Waals surface area contributed by atoms with Gasteiger partial charge in [0.05, 0.1) is 6.10 Å². The van der Waals surface area contributed by atoms with Crippen molar-refractivity contribution in [3.05, 3.63) is 22.8 Å². The van der Waals surface area contributed by atoms with Gasteiger partial charge < -0.3 is 9.84 Å². The van der Waals surface area contributed by atoms with Crippen molar-refractivity contribution in [3.8, 4) is 0 Å². The molecule has 3 aliphatic rings. The van der Waals surface area contributed by atoms with E-state index in [4.69, 9.17) is 4.74 Å². The number of carbonyl (C=O) groups is 1. The van der Waals surface area contributed by atoms with Gasteiger partial charge in [0.15, 0.2) is 5.78 Å². The van der Waals surface area contributed by atoms with Crippen LogP contribution in [0.2, 0.25) is 0 Å². The summed E-state index contributed by atoms with van der Waals surface area (Å²) in [5.41, 5.74) is 2.77. The molecule has 5 unspecified atom stereocenters. The number of aliphatic hydroxyl groups excluding tert-OH is 1. The van der Waals surface area contributed by atoms with Crippen LogP contribution < -0.4 is 0 Å². The lowest BCUT2D eigenvalue weighted by atomic mass is 9.61. The number of rotatable bonds is 0. The van der Waals surface area contributed by atoms with Crippen molar-refractivity contribution in [1.82, 2.24) is 0 Å². The van der Waals surface area contributed by atoms with E-state index in [9.17, 15) is 9.90 Å². The molecular weight excluding hydrogens is 288 g/mol. The van der Waals surface area contributed by atoms with Gasteiger partial charge >= 0.3 is 0 Å². The number of hydrogen-bond donors (Lipinski definition) is 1. The second-order valence-corrected chi connectivity index (χ2v) is 8.37. The summed E-state index contributed by atoms with van der Waals surface area (Å²) in [7, 11) is 0. The summed E-state index contributed by atoms with van der Waals surface area (Å²) in [5.74, 6) is 0.396. The van der Waals surface area contributed by atoms with Crippen LogP contribution in [0.4, 0.5) is 0 Å². The van der Waals surface area contributed by atoms with Gasteiger partial charge in [-0.15, -0.1) is 0 Å². The Bertz CT molecular complexity index is 588. The van der Waals surface area contributed by atoms with E-state index < -0.39 is 6.10 Å². The van der Waals surface area contributed by atoms with Crippen LogP contribution in [0.3, 0.4) is 0 Å². The Kier molecular flexibility index (Phi) is 4.09. The van der Waals surface area contributed by atoms with Gasteiger partial charge in [0, 0.05) is 5.57 Å². The van der Waals surface area contributed by atoms with Crippen molar-refractivity contribution >= 4 is 5.78 Å². The van der Waals surface area contributed by atoms with Crippen LogP contribution in [-0.2, 0) is 9.53 Å². The zero-order valence-corrected chi connectivity index (χ0v) is 15.1. The van der Waals surface area contributed by atoms with Gasteiger partial charge in [-0.2, -0.15) is 0 Å². The van der Waals surface area contributed by atoms with E-state index >= 15 is 0 Å². The van der Waals surface area contributed by atoms with Gasteiger partial charge in [0.1, 0.15) is 11.7 Å². The van der Waals surface area contributed by atoms with Crippen molar-refractivity contribution in [3.63, 3.8) is 0 Å². The maximum Gasteiger partial charge on any atom is 0.193 e. The topological polar surface area (TPSA) is 49.8 Å². The minimum atomic E-state index is -0.640. The molecule has 1 aliphatic heterocycles. The molecule has 0 aromatic rings. The fourth-order valence-corrected chi connectivity index (χ4v) is 4.48. The van der Waals surface area contributed by atoms with E-state index in [1.54, 1.807) is 0 Å². The summed E-state index contributed by atoms with van der Waals surface area (Å²) >= 11 is 0. The van der Waals surface area contributed by atoms with E-state index in [0.717, 1.165) is 31.3 Å². The van der Waals surface area contributed by atoms with Crippen LogP contribution in [0.1, 0.15) is 66.7 Å². The Morgan fingerprint density at radius 3 is 2.65 bits per heavy atom. The highest BCUT2D eigenvalue weighted by molar-refractivity contribution is 6.03. The summed E-state index contributed by atoms with van der Waals surface area (Å²) in [6, 6.07) is 0. The standard InChI is InChI=1S/C20H30O3/c1-12-7-6-9-20(5)18(23-20)17(22)16-14(3)19(4,10-8-12)13(2)11-15(16)21/h7,13,15,18,21H,6,8-11H2,1-5H3. The van der Waals surface area contributed by atoms with E-state index in [1.165, 1.54) is 5.57 Å². The first-order chi connectivity index (χ1) is 10.7. The van der Waals surface area contributed by atoms with Crippen LogP contribution in [-0.4, -0.2) is 28.7 Å². The quantitative estimate of drug-likeness (QED) is 0.543. The van der Waals surface area contributed by atoms with Crippen molar-refractivity contribution in [1.29, 1.82) is 0 Å². The average Bonchev–Trinajstić information content (AvgIpc) is 3.14. The van der Waals surface area contributed by atoms with Crippen LogP contribution in [0.15, 0.2) is 22.8 Å². The molecule has 1 fully saturated rings. The monoisotopic (exact) mass is 318 g/mol. The molecule has 2 aliphatic carbocycles. The van der Waals surface area contributed by atoms with Crippen LogP contribution in [0.25, 0.3) is 0 Å². The zero-order chi connectivity index (χ0) is 17.0. The SMILES string of the molecule is CC1=CCCC2(C)OC2C(=O)C2=C(C)C(C)(CC1)C(C)CC2O. The second kappa shape index (κ2) is 5.56. The molecule has 0 spiro atoms.